The average Bonchev–Trinajstić information content (AvgIpc) is 2.65. The lowest BCUT2D eigenvalue weighted by molar-refractivity contribution is -0.113. The van der Waals surface area contributed by atoms with Crippen LogP contribution in [0.25, 0.3) is 0 Å². The highest BCUT2D eigenvalue weighted by atomic mass is 35.5. The van der Waals surface area contributed by atoms with Gasteiger partial charge < -0.3 is 16.4 Å². The van der Waals surface area contributed by atoms with Crippen molar-refractivity contribution in [3.63, 3.8) is 0 Å². The summed E-state index contributed by atoms with van der Waals surface area (Å²) >= 11 is 7.62. The molecule has 2 aromatic carbocycles. The smallest absolute Gasteiger partial charge is 0.234 e. The number of nitrogens with one attached hydrogen (secondary N) is 2. The summed E-state index contributed by atoms with van der Waals surface area (Å²) in [6.07, 6.45) is 0. The lowest BCUT2D eigenvalue weighted by atomic mass is 10.1. The second-order valence-electron chi connectivity index (χ2n) is 6.40. The van der Waals surface area contributed by atoms with Gasteiger partial charge in [-0.15, -0.1) is 11.8 Å². The van der Waals surface area contributed by atoms with E-state index in [-0.39, 0.29) is 17.6 Å². The number of amides is 1. The molecule has 0 aliphatic rings. The van der Waals surface area contributed by atoms with Crippen LogP contribution in [0.3, 0.4) is 0 Å². The van der Waals surface area contributed by atoms with E-state index < -0.39 is 0 Å². The largest absolute Gasteiger partial charge is 0.368 e. The molecule has 0 saturated heterocycles. The summed E-state index contributed by atoms with van der Waals surface area (Å²) in [7, 11) is 0. The minimum atomic E-state index is -0.145. The molecule has 0 unspecified atom stereocenters. The number of nitrogens with two attached hydrogens (primary N) is 1. The molecule has 1 aromatic heterocycles. The molecule has 0 radical (unpaired) electrons. The Morgan fingerprint density at radius 1 is 1.14 bits per heavy atom. The number of para-hydroxylation sites is 1. The summed E-state index contributed by atoms with van der Waals surface area (Å²) in [6, 6.07) is 13.3. The zero-order chi connectivity index (χ0) is 20.8. The molecule has 3 aromatic rings. The number of benzene rings is 2. The van der Waals surface area contributed by atoms with Gasteiger partial charge in [0.15, 0.2) is 0 Å². The fraction of sp³-hybridized carbons (Fsp3) is 0.200. The van der Waals surface area contributed by atoms with Crippen LogP contribution in [0.15, 0.2) is 42.5 Å². The van der Waals surface area contributed by atoms with E-state index in [1.54, 1.807) is 0 Å². The van der Waals surface area contributed by atoms with Crippen LogP contribution in [0.5, 0.6) is 0 Å². The van der Waals surface area contributed by atoms with Crippen LogP contribution in [-0.4, -0.2) is 26.6 Å². The predicted molar refractivity (Wildman–Crippen MR) is 120 cm³/mol. The van der Waals surface area contributed by atoms with Gasteiger partial charge in [-0.25, -0.2) is 0 Å². The van der Waals surface area contributed by atoms with E-state index in [1.807, 2.05) is 56.3 Å². The molecule has 0 saturated carbocycles. The van der Waals surface area contributed by atoms with Crippen LogP contribution < -0.4 is 16.4 Å². The van der Waals surface area contributed by atoms with E-state index in [0.29, 0.717) is 28.2 Å². The van der Waals surface area contributed by atoms with E-state index >= 15 is 0 Å². The minimum absolute atomic E-state index is 0.126. The zero-order valence-electron chi connectivity index (χ0n) is 16.1. The number of hydrogen-bond donors (Lipinski definition) is 3. The number of carbonyl (C=O) groups is 1. The topological polar surface area (TPSA) is 106 Å². The molecule has 3 rings (SSSR count). The number of halogens is 1. The normalized spacial score (nSPS) is 10.6. The maximum absolute atomic E-state index is 12.3. The first-order chi connectivity index (χ1) is 13.9. The van der Waals surface area contributed by atoms with Gasteiger partial charge >= 0.3 is 0 Å². The number of carbonyl (C=O) groups excluding carboxylic acids is 1. The number of nitrogens with zero attached hydrogens (tertiary/aromatic N) is 3. The van der Waals surface area contributed by atoms with E-state index in [2.05, 4.69) is 25.6 Å². The number of anilines is 4. The van der Waals surface area contributed by atoms with Crippen LogP contribution in [-0.2, 0) is 10.5 Å². The molecule has 4 N–H and O–H groups in total. The number of aromatic nitrogens is 3. The number of aryl methyl sites for hydroxylation is 2. The van der Waals surface area contributed by atoms with Crippen molar-refractivity contribution in [1.29, 1.82) is 0 Å². The van der Waals surface area contributed by atoms with Gasteiger partial charge in [-0.3, -0.25) is 4.79 Å². The molecule has 0 atom stereocenters. The summed E-state index contributed by atoms with van der Waals surface area (Å²) in [6.45, 7) is 3.87. The van der Waals surface area contributed by atoms with E-state index in [0.717, 1.165) is 16.8 Å². The van der Waals surface area contributed by atoms with Crippen molar-refractivity contribution in [2.75, 3.05) is 22.1 Å². The molecule has 0 aliphatic heterocycles. The lowest BCUT2D eigenvalue weighted by Gasteiger charge is -2.11. The van der Waals surface area contributed by atoms with Crippen molar-refractivity contribution in [3.05, 3.63) is 64.4 Å². The van der Waals surface area contributed by atoms with Crippen molar-refractivity contribution in [2.24, 2.45) is 0 Å². The van der Waals surface area contributed by atoms with Gasteiger partial charge in [0.2, 0.25) is 17.8 Å². The van der Waals surface area contributed by atoms with Gasteiger partial charge in [0.25, 0.3) is 0 Å². The molecule has 0 spiro atoms. The van der Waals surface area contributed by atoms with Gasteiger partial charge in [-0.1, -0.05) is 35.9 Å². The number of nitrogen functional groups attached to an aromatic ring is 1. The molecule has 0 bridgehead atoms. The highest BCUT2D eigenvalue weighted by Gasteiger charge is 2.11. The first kappa shape index (κ1) is 20.9. The Bertz CT molecular complexity index is 992. The first-order valence-electron chi connectivity index (χ1n) is 8.87. The van der Waals surface area contributed by atoms with E-state index in [1.165, 1.54) is 11.8 Å². The van der Waals surface area contributed by atoms with Crippen LogP contribution >= 0.6 is 23.4 Å². The van der Waals surface area contributed by atoms with Crippen molar-refractivity contribution >= 4 is 52.5 Å². The summed E-state index contributed by atoms with van der Waals surface area (Å²) in [5.41, 5.74) is 9.25. The SMILES string of the molecule is Cc1cc(C)c(NC(=O)CSCc2nc(N)nc(Nc3ccccc3)n2)c(Cl)c1. The summed E-state index contributed by atoms with van der Waals surface area (Å²) < 4.78 is 0. The standard InChI is InChI=1S/C20H21ClN6OS/c1-12-8-13(2)18(15(21)9-12)26-17(28)11-29-10-16-24-19(22)27-20(25-16)23-14-6-4-3-5-7-14/h3-9H,10-11H2,1-2H3,(H,26,28)(H3,22,23,24,25,27). The Balaban J connectivity index is 1.57. The third kappa shape index (κ3) is 6.07. The zero-order valence-corrected chi connectivity index (χ0v) is 17.6. The lowest BCUT2D eigenvalue weighted by Crippen LogP contribution is -2.16. The molecule has 1 heterocycles. The van der Waals surface area contributed by atoms with Crippen molar-refractivity contribution in [1.82, 2.24) is 15.0 Å². The molecule has 0 aliphatic carbocycles. The fourth-order valence-corrected chi connectivity index (χ4v) is 3.73. The highest BCUT2D eigenvalue weighted by molar-refractivity contribution is 7.99. The van der Waals surface area contributed by atoms with Crippen molar-refractivity contribution in [3.8, 4) is 0 Å². The summed E-state index contributed by atoms with van der Waals surface area (Å²) in [4.78, 5) is 24.9. The molecule has 9 heteroatoms. The van der Waals surface area contributed by atoms with Gasteiger partial charge in [0.1, 0.15) is 5.82 Å². The molecule has 29 heavy (non-hydrogen) atoms. The second kappa shape index (κ2) is 9.58. The van der Waals surface area contributed by atoms with Gasteiger partial charge in [0.05, 0.1) is 22.2 Å². The fourth-order valence-electron chi connectivity index (χ4n) is 2.69. The van der Waals surface area contributed by atoms with Crippen LogP contribution in [0.1, 0.15) is 17.0 Å². The number of rotatable bonds is 7. The highest BCUT2D eigenvalue weighted by Crippen LogP contribution is 2.27. The van der Waals surface area contributed by atoms with E-state index in [9.17, 15) is 4.79 Å². The Kier molecular flexibility index (Phi) is 6.90. The Labute approximate surface area is 178 Å². The number of thioether (sulfide) groups is 1. The maximum atomic E-state index is 12.3. The monoisotopic (exact) mass is 428 g/mol. The minimum Gasteiger partial charge on any atom is -0.368 e. The third-order valence-corrected chi connectivity index (χ3v) is 5.12. The maximum Gasteiger partial charge on any atom is 0.234 e. The molecule has 1 amide bonds. The molecular formula is C20H21ClN6OS. The Morgan fingerprint density at radius 3 is 2.62 bits per heavy atom. The van der Waals surface area contributed by atoms with Gasteiger partial charge in [0, 0.05) is 5.69 Å². The molecule has 7 nitrogen and oxygen atoms in total. The van der Waals surface area contributed by atoms with E-state index in [4.69, 9.17) is 17.3 Å². The summed E-state index contributed by atoms with van der Waals surface area (Å²) in [5, 5.41) is 6.48. The molecule has 0 fully saturated rings. The Morgan fingerprint density at radius 2 is 1.90 bits per heavy atom. The van der Waals surface area contributed by atoms with Gasteiger partial charge in [-0.2, -0.15) is 15.0 Å². The Hall–Kier alpha value is -2.84. The van der Waals surface area contributed by atoms with Crippen molar-refractivity contribution in [2.45, 2.75) is 19.6 Å². The second-order valence-corrected chi connectivity index (χ2v) is 7.80. The molecular weight excluding hydrogens is 408 g/mol. The third-order valence-electron chi connectivity index (χ3n) is 3.89. The quantitative estimate of drug-likeness (QED) is 0.513. The summed E-state index contributed by atoms with van der Waals surface area (Å²) in [5.74, 6) is 1.50. The number of hydrogen-bond acceptors (Lipinski definition) is 7. The van der Waals surface area contributed by atoms with Crippen LogP contribution in [0.4, 0.5) is 23.3 Å². The van der Waals surface area contributed by atoms with Crippen LogP contribution in [0, 0.1) is 13.8 Å². The first-order valence-corrected chi connectivity index (χ1v) is 10.4. The van der Waals surface area contributed by atoms with Crippen LogP contribution in [0.2, 0.25) is 5.02 Å². The predicted octanol–water partition coefficient (Wildman–Crippen LogP) is 4.34. The van der Waals surface area contributed by atoms with Crippen molar-refractivity contribution < 1.29 is 4.79 Å². The average molecular weight is 429 g/mol. The van der Waals surface area contributed by atoms with Gasteiger partial charge in [-0.05, 0) is 43.2 Å². The molecule has 150 valence electrons.